The quantitative estimate of drug-likeness (QED) is 0.160. The summed E-state index contributed by atoms with van der Waals surface area (Å²) >= 11 is 0. The zero-order valence-electron chi connectivity index (χ0n) is 21.5. The zero-order chi connectivity index (χ0) is 25.3. The molecule has 0 aliphatic carbocycles. The fraction of sp³-hybridized carbons (Fsp3) is 0.321. The van der Waals surface area contributed by atoms with Gasteiger partial charge in [-0.3, -0.25) is 9.55 Å². The van der Waals surface area contributed by atoms with E-state index in [4.69, 9.17) is 23.9 Å². The second kappa shape index (κ2) is 9.87. The molecule has 2 aromatic carbocycles. The van der Waals surface area contributed by atoms with Crippen molar-refractivity contribution in [3.63, 3.8) is 0 Å². The van der Waals surface area contributed by atoms with Gasteiger partial charge in [0.05, 0.1) is 23.3 Å². The molecule has 0 aliphatic heterocycles. The van der Waals surface area contributed by atoms with Gasteiger partial charge in [-0.2, -0.15) is 0 Å². The molecule has 7 nitrogen and oxygen atoms in total. The first kappa shape index (κ1) is 24.2. The first-order valence-corrected chi connectivity index (χ1v) is 16.0. The second-order valence-corrected chi connectivity index (χ2v) is 16.1. The molecule has 0 saturated carbocycles. The highest BCUT2D eigenvalue weighted by molar-refractivity contribution is 6.76. The maximum Gasteiger partial charge on any atom is 0.264 e. The number of nitrogens with zero attached hydrogens (tertiary/aromatic N) is 4. The minimum Gasteiger partial charge on any atom is -0.489 e. The van der Waals surface area contributed by atoms with Crippen molar-refractivity contribution in [1.82, 2.24) is 19.5 Å². The molecule has 0 fully saturated rings. The van der Waals surface area contributed by atoms with Crippen molar-refractivity contribution in [2.45, 2.75) is 52.4 Å². The van der Waals surface area contributed by atoms with E-state index >= 15 is 0 Å². The fourth-order valence-corrected chi connectivity index (χ4v) is 4.77. The number of hydrogen-bond acceptors (Lipinski definition) is 6. The predicted molar refractivity (Wildman–Crippen MR) is 146 cm³/mol. The van der Waals surface area contributed by atoms with Crippen LogP contribution in [-0.2, 0) is 11.5 Å². The Kier molecular flexibility index (Phi) is 6.64. The third-order valence-corrected chi connectivity index (χ3v) is 7.57. The Morgan fingerprint density at radius 1 is 0.944 bits per heavy atom. The lowest BCUT2D eigenvalue weighted by Gasteiger charge is -2.16. The van der Waals surface area contributed by atoms with Gasteiger partial charge in [0.15, 0.2) is 11.4 Å². The number of para-hydroxylation sites is 2. The largest absolute Gasteiger partial charge is 0.489 e. The van der Waals surface area contributed by atoms with E-state index in [9.17, 15) is 0 Å². The van der Waals surface area contributed by atoms with Crippen LogP contribution in [0.1, 0.15) is 13.8 Å². The van der Waals surface area contributed by atoms with Gasteiger partial charge >= 0.3 is 0 Å². The third-order valence-electron chi connectivity index (χ3n) is 5.87. The fourth-order valence-electron chi connectivity index (χ4n) is 4.02. The van der Waals surface area contributed by atoms with Crippen LogP contribution in [0.4, 0.5) is 0 Å². The molecular weight excluding hydrogens is 468 g/mol. The van der Waals surface area contributed by atoms with Crippen LogP contribution in [0.15, 0.2) is 65.3 Å². The minimum absolute atomic E-state index is 0.0835. The predicted octanol–water partition coefficient (Wildman–Crippen LogP) is 7.01. The Bertz CT molecular complexity index is 1500. The molecule has 36 heavy (non-hydrogen) atoms. The minimum atomic E-state index is -1.17. The average molecular weight is 501 g/mol. The van der Waals surface area contributed by atoms with Crippen LogP contribution in [-0.4, -0.2) is 40.3 Å². The summed E-state index contributed by atoms with van der Waals surface area (Å²) in [6, 6.07) is 17.1. The summed E-state index contributed by atoms with van der Waals surface area (Å²) in [5.74, 6) is 1.88. The van der Waals surface area contributed by atoms with Crippen LogP contribution in [0.5, 0.6) is 5.75 Å². The van der Waals surface area contributed by atoms with E-state index in [1.165, 1.54) is 0 Å². The molecule has 0 N–H and O–H groups in total. The van der Waals surface area contributed by atoms with Crippen LogP contribution < -0.4 is 4.74 Å². The molecule has 3 aromatic heterocycles. The summed E-state index contributed by atoms with van der Waals surface area (Å²) in [6.45, 7) is 12.2. The molecule has 5 aromatic rings. The molecule has 8 heteroatoms. The lowest BCUT2D eigenvalue weighted by Crippen LogP contribution is -2.22. The lowest BCUT2D eigenvalue weighted by atomic mass is 10.1. The summed E-state index contributed by atoms with van der Waals surface area (Å²) in [5, 5.41) is 0. The van der Waals surface area contributed by atoms with Gasteiger partial charge < -0.3 is 13.9 Å². The first-order valence-electron chi connectivity index (χ1n) is 12.3. The number of hydrogen-bond donors (Lipinski definition) is 0. The monoisotopic (exact) mass is 500 g/mol. The van der Waals surface area contributed by atoms with E-state index in [0.717, 1.165) is 46.1 Å². The zero-order valence-corrected chi connectivity index (χ0v) is 22.5. The Morgan fingerprint density at radius 3 is 2.58 bits per heavy atom. The number of ether oxygens (including phenoxy) is 2. The molecule has 0 unspecified atom stereocenters. The topological polar surface area (TPSA) is 75.2 Å². The first-order chi connectivity index (χ1) is 17.3. The standard InChI is InChI=1S/C28H32N4O3Si/c1-19(2)34-22-14-21(16-29-17-22)20-10-11-24-26(15-20)35-28(31-24)27-30-23-8-6-7-9-25(23)32(27)18-33-12-13-36(3,4)5/h6-11,14-17,19H,12-13,18H2,1-5H3. The van der Waals surface area contributed by atoms with Crippen molar-refractivity contribution >= 4 is 30.2 Å². The van der Waals surface area contributed by atoms with E-state index < -0.39 is 8.07 Å². The highest BCUT2D eigenvalue weighted by Gasteiger charge is 2.19. The van der Waals surface area contributed by atoms with Gasteiger partial charge in [0.25, 0.3) is 5.89 Å². The van der Waals surface area contributed by atoms with E-state index in [0.29, 0.717) is 24.0 Å². The summed E-state index contributed by atoms with van der Waals surface area (Å²) < 4.78 is 20.2. The molecule has 5 rings (SSSR count). The van der Waals surface area contributed by atoms with Crippen LogP contribution >= 0.6 is 0 Å². The third kappa shape index (κ3) is 5.34. The van der Waals surface area contributed by atoms with Crippen LogP contribution in [0.2, 0.25) is 25.7 Å². The van der Waals surface area contributed by atoms with E-state index in [1.807, 2.05) is 73.1 Å². The number of pyridine rings is 1. The Hall–Kier alpha value is -3.49. The number of aromatic nitrogens is 4. The van der Waals surface area contributed by atoms with Gasteiger partial charge in [-0.1, -0.05) is 37.8 Å². The maximum absolute atomic E-state index is 6.25. The van der Waals surface area contributed by atoms with Gasteiger partial charge in [0.2, 0.25) is 0 Å². The summed E-state index contributed by atoms with van der Waals surface area (Å²) in [6.07, 6.45) is 3.63. The molecule has 0 bridgehead atoms. The second-order valence-electron chi connectivity index (χ2n) is 10.5. The van der Waals surface area contributed by atoms with Crippen molar-refractivity contribution < 1.29 is 13.9 Å². The SMILES string of the molecule is CC(C)Oc1cncc(-c2ccc3nc(-c4nc5ccccc5n4COCC[Si](C)(C)C)oc3c2)c1. The summed E-state index contributed by atoms with van der Waals surface area (Å²) in [5.41, 5.74) is 5.28. The van der Waals surface area contributed by atoms with E-state index in [2.05, 4.69) is 24.6 Å². The highest BCUT2D eigenvalue weighted by Crippen LogP contribution is 2.31. The molecule has 186 valence electrons. The smallest absolute Gasteiger partial charge is 0.264 e. The Labute approximate surface area is 212 Å². The van der Waals surface area contributed by atoms with Gasteiger partial charge in [0.1, 0.15) is 18.0 Å². The van der Waals surface area contributed by atoms with Crippen molar-refractivity contribution in [3.05, 3.63) is 60.9 Å². The normalized spacial score (nSPS) is 12.2. The van der Waals surface area contributed by atoms with Crippen molar-refractivity contribution in [2.24, 2.45) is 0 Å². The highest BCUT2D eigenvalue weighted by atomic mass is 28.3. The van der Waals surface area contributed by atoms with Gasteiger partial charge in [0, 0.05) is 26.4 Å². The molecular formula is C28H32N4O3Si. The Balaban J connectivity index is 1.47. The van der Waals surface area contributed by atoms with Gasteiger partial charge in [-0.15, -0.1) is 0 Å². The van der Waals surface area contributed by atoms with Crippen molar-refractivity contribution in [3.8, 4) is 28.6 Å². The van der Waals surface area contributed by atoms with Crippen LogP contribution in [0.3, 0.4) is 0 Å². The van der Waals surface area contributed by atoms with E-state index in [1.54, 1.807) is 6.20 Å². The Morgan fingerprint density at radius 2 is 1.78 bits per heavy atom. The van der Waals surface area contributed by atoms with E-state index in [-0.39, 0.29) is 6.10 Å². The number of oxazole rings is 1. The average Bonchev–Trinajstić information content (AvgIpc) is 3.42. The van der Waals surface area contributed by atoms with Crippen LogP contribution in [0.25, 0.3) is 45.0 Å². The molecule has 0 amide bonds. The maximum atomic E-state index is 6.25. The molecule has 0 spiro atoms. The van der Waals surface area contributed by atoms with Crippen molar-refractivity contribution in [1.29, 1.82) is 0 Å². The summed E-state index contributed by atoms with van der Waals surface area (Å²) in [7, 11) is -1.17. The molecule has 0 aliphatic rings. The molecule has 0 radical (unpaired) electrons. The van der Waals surface area contributed by atoms with Gasteiger partial charge in [-0.05, 0) is 55.8 Å². The van der Waals surface area contributed by atoms with Crippen molar-refractivity contribution in [2.75, 3.05) is 6.61 Å². The summed E-state index contributed by atoms with van der Waals surface area (Å²) in [4.78, 5) is 13.9. The number of fused-ring (bicyclic) bond motifs is 2. The van der Waals surface area contributed by atoms with Gasteiger partial charge in [-0.25, -0.2) is 9.97 Å². The molecule has 0 saturated heterocycles. The number of imidazole rings is 1. The molecule has 3 heterocycles. The number of rotatable bonds is 9. The number of benzene rings is 2. The lowest BCUT2D eigenvalue weighted by molar-refractivity contribution is 0.0906. The van der Waals surface area contributed by atoms with Crippen LogP contribution in [0, 0.1) is 0 Å². The molecule has 0 atom stereocenters.